The molecule has 0 rings (SSSR count). The smallest absolute Gasteiger partial charge is 1.00 e. The van der Waals surface area contributed by atoms with Gasteiger partial charge in [0.2, 0.25) is 0 Å². The van der Waals surface area contributed by atoms with Gasteiger partial charge in [-0.25, -0.2) is 0 Å². The maximum atomic E-state index is 3.50. The maximum Gasteiger partial charge on any atom is 4.00 e. The summed E-state index contributed by atoms with van der Waals surface area (Å²) >= 11 is 0. The monoisotopic (exact) mass is 242 g/mol. The van der Waals surface area contributed by atoms with Crippen LogP contribution in [0, 0.1) is 0 Å². The van der Waals surface area contributed by atoms with Crippen LogP contribution in [0.5, 0.6) is 0 Å². The molecule has 0 unspecified atom stereocenters. The minimum Gasteiger partial charge on any atom is -1.00 e. The van der Waals surface area contributed by atoms with Gasteiger partial charge in [0.15, 0.2) is 0 Å². The van der Waals surface area contributed by atoms with Crippen LogP contribution in [0.15, 0.2) is 0 Å². The fraction of sp³-hybridized carbons (Fsp3) is 1.00. The van der Waals surface area contributed by atoms with Gasteiger partial charge in [0.05, 0.1) is 0 Å². The Hall–Kier alpha value is 1.50. The summed E-state index contributed by atoms with van der Waals surface area (Å²) in [6, 6.07) is 0. The topological polar surface area (TPSA) is 28.2 Å². The second-order valence-electron chi connectivity index (χ2n) is 0.894. The molecular formula is C4H13Cl3N2Ti. The molecule has 0 aromatic rings. The summed E-state index contributed by atoms with van der Waals surface area (Å²) in [5.41, 5.74) is 0. The van der Waals surface area contributed by atoms with Gasteiger partial charge in [0.1, 0.15) is 0 Å². The van der Waals surface area contributed by atoms with Crippen molar-refractivity contribution in [3.63, 3.8) is 0 Å². The van der Waals surface area contributed by atoms with Gasteiger partial charge in [-0.15, -0.1) is 12.4 Å². The Bertz CT molecular complexity index is 20.5. The molecule has 10 heavy (non-hydrogen) atoms. The Morgan fingerprint density at radius 3 is 0.700 bits per heavy atom. The Morgan fingerprint density at radius 1 is 0.700 bits per heavy atom. The molecule has 0 aliphatic rings. The van der Waals surface area contributed by atoms with Crippen molar-refractivity contribution < 1.29 is 46.5 Å². The van der Waals surface area contributed by atoms with Gasteiger partial charge >= 0.3 is 21.7 Å². The van der Waals surface area contributed by atoms with Gasteiger partial charge in [0, 0.05) is 0 Å². The molecule has 0 amide bonds. The third-order valence-corrected chi connectivity index (χ3v) is 0. The number of halogens is 3. The number of rotatable bonds is 0. The molecule has 0 aromatic carbocycles. The van der Waals surface area contributed by atoms with Crippen molar-refractivity contribution in [2.24, 2.45) is 0 Å². The van der Waals surface area contributed by atoms with Crippen molar-refractivity contribution in [3.8, 4) is 0 Å². The number of hydrogen-bond acceptors (Lipinski definition) is 0. The molecule has 0 spiro atoms. The zero-order valence-corrected chi connectivity index (χ0v) is 10.4. The van der Waals surface area contributed by atoms with E-state index in [1.165, 1.54) is 0 Å². The molecule has 0 bridgehead atoms. The fourth-order valence-electron chi connectivity index (χ4n) is 0. The van der Waals surface area contributed by atoms with Gasteiger partial charge in [-0.05, 0) is 0 Å². The van der Waals surface area contributed by atoms with Crippen molar-refractivity contribution in [1.82, 2.24) is 0 Å². The van der Waals surface area contributed by atoms with Crippen LogP contribution < -0.4 is 24.8 Å². The van der Waals surface area contributed by atoms with Crippen LogP contribution in [0.1, 0.15) is 0 Å². The summed E-state index contributed by atoms with van der Waals surface area (Å²) in [5, 5.41) is 7.00. The van der Waals surface area contributed by atoms with E-state index in [4.69, 9.17) is 0 Å². The average Bonchev–Trinajstić information content (AvgIpc) is 1.39. The van der Waals surface area contributed by atoms with E-state index < -0.39 is 0 Å². The molecule has 0 fully saturated rings. The first-order valence-corrected chi connectivity index (χ1v) is 1.79. The van der Waals surface area contributed by atoms with Gasteiger partial charge in [-0.1, -0.05) is 0 Å². The van der Waals surface area contributed by atoms with E-state index >= 15 is 0 Å². The van der Waals surface area contributed by atoms with Gasteiger partial charge < -0.3 is 35.4 Å². The molecule has 6 heteroatoms. The molecule has 0 N–H and O–H groups in total. The van der Waals surface area contributed by atoms with Crippen molar-refractivity contribution in [2.45, 2.75) is 0 Å². The van der Waals surface area contributed by atoms with Crippen molar-refractivity contribution in [3.05, 3.63) is 10.6 Å². The van der Waals surface area contributed by atoms with E-state index in [9.17, 15) is 0 Å². The third kappa shape index (κ3) is 304. The summed E-state index contributed by atoms with van der Waals surface area (Å²) < 4.78 is 0. The van der Waals surface area contributed by atoms with Crippen molar-refractivity contribution in [2.75, 3.05) is 28.2 Å². The molecule has 0 heterocycles. The molecule has 0 aromatic heterocycles. The normalized spacial score (nSPS) is 3.60. The van der Waals surface area contributed by atoms with Crippen LogP contribution in [0.3, 0.4) is 0 Å². The summed E-state index contributed by atoms with van der Waals surface area (Å²) in [5.74, 6) is 0. The van der Waals surface area contributed by atoms with Crippen LogP contribution >= 0.6 is 12.4 Å². The van der Waals surface area contributed by atoms with Gasteiger partial charge in [-0.2, -0.15) is 28.2 Å². The van der Waals surface area contributed by atoms with E-state index in [-0.39, 0.29) is 58.9 Å². The molecular weight excluding hydrogens is 230 g/mol. The van der Waals surface area contributed by atoms with Crippen LogP contribution in [0.25, 0.3) is 10.6 Å². The minimum absolute atomic E-state index is 0. The second-order valence-corrected chi connectivity index (χ2v) is 0.894. The fourth-order valence-corrected chi connectivity index (χ4v) is 0. The summed E-state index contributed by atoms with van der Waals surface area (Å²) in [6.45, 7) is 0. The van der Waals surface area contributed by atoms with E-state index in [2.05, 4.69) is 10.6 Å². The predicted molar refractivity (Wildman–Crippen MR) is 37.7 cm³/mol. The maximum absolute atomic E-state index is 3.50. The molecule has 2 nitrogen and oxygen atoms in total. The van der Waals surface area contributed by atoms with Crippen molar-refractivity contribution in [1.29, 1.82) is 0 Å². The van der Waals surface area contributed by atoms with Crippen LogP contribution in [-0.2, 0) is 21.7 Å². The molecule has 0 saturated heterocycles. The SMILES string of the molecule is C[N-]C.C[N-]C.Cl.[Cl-].[Cl-].[Ti+4]. The average molecular weight is 243 g/mol. The van der Waals surface area contributed by atoms with Crippen molar-refractivity contribution >= 4 is 12.4 Å². The summed E-state index contributed by atoms with van der Waals surface area (Å²) in [4.78, 5) is 0. The molecule has 0 atom stereocenters. The predicted octanol–water partition coefficient (Wildman–Crippen LogP) is -4.33. The standard InChI is InChI=1S/2C2H6N.3ClH.Ti/c2*1-3-2;;;;/h2*1-2H3;3*1H;/q2*-1;;;;+4/p-2. The molecule has 0 aliphatic heterocycles. The minimum atomic E-state index is 0. The Kier molecular flexibility index (Phi) is 324. The summed E-state index contributed by atoms with van der Waals surface area (Å²) in [7, 11) is 7.00. The molecule has 64 valence electrons. The first kappa shape index (κ1) is 41.9. The van der Waals surface area contributed by atoms with Crippen LogP contribution in [-0.4, -0.2) is 28.2 Å². The number of hydrogen-bond donors (Lipinski definition) is 0. The number of nitrogens with zero attached hydrogens (tertiary/aromatic N) is 2. The van der Waals surface area contributed by atoms with E-state index in [0.717, 1.165) is 0 Å². The van der Waals surface area contributed by atoms with Gasteiger partial charge in [-0.3, -0.25) is 0 Å². The Labute approximate surface area is 97.4 Å². The second kappa shape index (κ2) is 77.3. The van der Waals surface area contributed by atoms with Gasteiger partial charge in [0.25, 0.3) is 0 Å². The molecule has 0 radical (unpaired) electrons. The Balaban J connectivity index is -0.00000000571. The first-order chi connectivity index (χ1) is 2.83. The summed E-state index contributed by atoms with van der Waals surface area (Å²) in [6.07, 6.45) is 0. The first-order valence-electron chi connectivity index (χ1n) is 1.79. The zero-order valence-electron chi connectivity index (χ0n) is 6.56. The van der Waals surface area contributed by atoms with E-state index in [1.54, 1.807) is 28.2 Å². The van der Waals surface area contributed by atoms with E-state index in [0.29, 0.717) is 0 Å². The third-order valence-electron chi connectivity index (χ3n) is 0. The molecule has 0 aliphatic carbocycles. The van der Waals surface area contributed by atoms with E-state index in [1.807, 2.05) is 0 Å². The zero-order chi connectivity index (χ0) is 5.41. The Morgan fingerprint density at radius 2 is 0.700 bits per heavy atom. The van der Waals surface area contributed by atoms with Crippen LogP contribution in [0.2, 0.25) is 0 Å². The molecule has 0 saturated carbocycles. The quantitative estimate of drug-likeness (QED) is 0.385. The van der Waals surface area contributed by atoms with Crippen LogP contribution in [0.4, 0.5) is 0 Å². The largest absolute Gasteiger partial charge is 4.00 e.